The van der Waals surface area contributed by atoms with E-state index >= 15 is 0 Å². The highest BCUT2D eigenvalue weighted by molar-refractivity contribution is 7.18. The minimum Gasteiger partial charge on any atom is -0.339 e. The lowest BCUT2D eigenvalue weighted by molar-refractivity contribution is -0.130. The van der Waals surface area contributed by atoms with Gasteiger partial charge >= 0.3 is 6.03 Å². The van der Waals surface area contributed by atoms with Crippen molar-refractivity contribution in [1.29, 1.82) is 0 Å². The minimum absolute atomic E-state index is 0.0729. The van der Waals surface area contributed by atoms with Gasteiger partial charge in [0.25, 0.3) is 0 Å². The predicted octanol–water partition coefficient (Wildman–Crippen LogP) is 3.67. The quantitative estimate of drug-likeness (QED) is 0.711. The van der Waals surface area contributed by atoms with Gasteiger partial charge in [-0.25, -0.2) is 9.78 Å². The third-order valence-corrected chi connectivity index (χ3v) is 5.95. The molecule has 0 saturated heterocycles. The fourth-order valence-corrected chi connectivity index (χ4v) is 4.42. The predicted molar refractivity (Wildman–Crippen MR) is 109 cm³/mol. The van der Waals surface area contributed by atoms with Gasteiger partial charge in [0.1, 0.15) is 5.01 Å². The molecule has 1 heterocycles. The van der Waals surface area contributed by atoms with Gasteiger partial charge < -0.3 is 15.5 Å². The second-order valence-electron chi connectivity index (χ2n) is 7.16. The number of para-hydroxylation sites is 1. The van der Waals surface area contributed by atoms with Crippen LogP contribution in [0.2, 0.25) is 0 Å². The first-order chi connectivity index (χ1) is 13.1. The number of rotatable bonds is 7. The first kappa shape index (κ1) is 19.6. The van der Waals surface area contributed by atoms with E-state index in [9.17, 15) is 9.59 Å². The van der Waals surface area contributed by atoms with E-state index in [0.29, 0.717) is 32.0 Å². The van der Waals surface area contributed by atoms with E-state index in [1.54, 1.807) is 23.3 Å². The summed E-state index contributed by atoms with van der Waals surface area (Å²) in [4.78, 5) is 30.5. The molecule has 2 N–H and O–H groups in total. The van der Waals surface area contributed by atoms with E-state index in [2.05, 4.69) is 15.6 Å². The molecule has 1 aliphatic carbocycles. The number of nitrogens with zero attached hydrogens (tertiary/aromatic N) is 2. The number of hydrogen-bond donors (Lipinski definition) is 2. The average molecular weight is 389 g/mol. The summed E-state index contributed by atoms with van der Waals surface area (Å²) in [5.74, 6) is 0.0729. The molecule has 0 spiro atoms. The Morgan fingerprint density at radius 2 is 2.00 bits per heavy atom. The number of urea groups is 1. The highest BCUT2D eigenvalue weighted by atomic mass is 32.1. The highest BCUT2D eigenvalue weighted by Crippen LogP contribution is 2.22. The van der Waals surface area contributed by atoms with Gasteiger partial charge in [0, 0.05) is 26.1 Å². The molecule has 1 saturated carbocycles. The Morgan fingerprint density at radius 1 is 1.22 bits per heavy atom. The number of aromatic nitrogens is 1. The lowest BCUT2D eigenvalue weighted by Gasteiger charge is -2.22. The van der Waals surface area contributed by atoms with Gasteiger partial charge in [-0.2, -0.15) is 0 Å². The van der Waals surface area contributed by atoms with Crippen LogP contribution in [-0.2, 0) is 11.3 Å². The molecule has 1 aliphatic rings. The first-order valence-corrected chi connectivity index (χ1v) is 10.6. The van der Waals surface area contributed by atoms with Crippen LogP contribution in [0.1, 0.15) is 50.0 Å². The Labute approximate surface area is 164 Å². The Kier molecular flexibility index (Phi) is 7.04. The Bertz CT molecular complexity index is 737. The fraction of sp³-hybridized carbons (Fsp3) is 0.550. The maximum atomic E-state index is 12.3. The van der Waals surface area contributed by atoms with Crippen LogP contribution in [-0.4, -0.2) is 41.5 Å². The fourth-order valence-electron chi connectivity index (χ4n) is 3.39. The summed E-state index contributed by atoms with van der Waals surface area (Å²) in [5.41, 5.74) is 0.978. The van der Waals surface area contributed by atoms with Crippen LogP contribution >= 0.6 is 11.3 Å². The zero-order valence-corrected chi connectivity index (χ0v) is 16.7. The van der Waals surface area contributed by atoms with E-state index in [-0.39, 0.29) is 11.9 Å². The molecule has 2 aromatic rings. The Hall–Kier alpha value is -2.15. The number of amides is 3. The summed E-state index contributed by atoms with van der Waals surface area (Å²) < 4.78 is 1.14. The summed E-state index contributed by atoms with van der Waals surface area (Å²) in [6.45, 7) is 1.03. The third-order valence-electron chi connectivity index (χ3n) is 4.93. The Morgan fingerprint density at radius 3 is 2.78 bits per heavy atom. The lowest BCUT2D eigenvalue weighted by Crippen LogP contribution is -2.43. The van der Waals surface area contributed by atoms with Gasteiger partial charge in [-0.15, -0.1) is 11.3 Å². The molecule has 6 nitrogen and oxygen atoms in total. The highest BCUT2D eigenvalue weighted by Gasteiger charge is 2.16. The summed E-state index contributed by atoms with van der Waals surface area (Å²) in [6.07, 6.45) is 6.87. The third kappa shape index (κ3) is 5.92. The second-order valence-corrected chi connectivity index (χ2v) is 8.28. The van der Waals surface area contributed by atoms with Crippen LogP contribution in [0.25, 0.3) is 10.2 Å². The number of thiazole rings is 1. The first-order valence-electron chi connectivity index (χ1n) is 9.74. The molecule has 0 aliphatic heterocycles. The van der Waals surface area contributed by atoms with E-state index < -0.39 is 0 Å². The molecule has 27 heavy (non-hydrogen) atoms. The molecule has 0 atom stereocenters. The van der Waals surface area contributed by atoms with Crippen molar-refractivity contribution in [1.82, 2.24) is 20.5 Å². The smallest absolute Gasteiger partial charge is 0.315 e. The van der Waals surface area contributed by atoms with Crippen molar-refractivity contribution >= 4 is 33.5 Å². The number of benzene rings is 1. The van der Waals surface area contributed by atoms with E-state index in [4.69, 9.17) is 0 Å². The number of carbonyl (C=O) groups excluding carboxylic acids is 2. The molecule has 146 valence electrons. The van der Waals surface area contributed by atoms with Crippen LogP contribution in [0.3, 0.4) is 0 Å². The maximum absolute atomic E-state index is 12.3. The zero-order valence-electron chi connectivity index (χ0n) is 15.9. The topological polar surface area (TPSA) is 74.3 Å². The number of nitrogens with one attached hydrogen (secondary N) is 2. The molecule has 0 unspecified atom stereocenters. The van der Waals surface area contributed by atoms with Gasteiger partial charge in [0.2, 0.25) is 5.91 Å². The van der Waals surface area contributed by atoms with Crippen LogP contribution in [0, 0.1) is 0 Å². The van der Waals surface area contributed by atoms with Crippen LogP contribution in [0.4, 0.5) is 4.79 Å². The van der Waals surface area contributed by atoms with Gasteiger partial charge in [-0.05, 0) is 31.4 Å². The molecule has 1 fully saturated rings. The van der Waals surface area contributed by atoms with Gasteiger partial charge in [0.15, 0.2) is 0 Å². The standard InChI is InChI=1S/C20H28N4O2S/c1-24(14-18-23-16-10-5-6-11-17(16)27-18)19(25)12-7-13-21-20(26)22-15-8-3-2-4-9-15/h5-6,10-11,15H,2-4,7-9,12-14H2,1H3,(H2,21,22,26). The van der Waals surface area contributed by atoms with Gasteiger partial charge in [0.05, 0.1) is 16.8 Å². The second kappa shape index (κ2) is 9.69. The van der Waals surface area contributed by atoms with Crippen molar-refractivity contribution in [2.45, 2.75) is 57.5 Å². The molecular weight excluding hydrogens is 360 g/mol. The van der Waals surface area contributed by atoms with Crippen molar-refractivity contribution < 1.29 is 9.59 Å². The molecule has 1 aromatic carbocycles. The molecule has 0 bridgehead atoms. The summed E-state index contributed by atoms with van der Waals surface area (Å²) in [5, 5.41) is 6.83. The van der Waals surface area contributed by atoms with E-state index in [1.807, 2.05) is 24.3 Å². The lowest BCUT2D eigenvalue weighted by atomic mass is 9.96. The van der Waals surface area contributed by atoms with Crippen molar-refractivity contribution in [3.05, 3.63) is 29.3 Å². The van der Waals surface area contributed by atoms with E-state index in [0.717, 1.165) is 28.1 Å². The summed E-state index contributed by atoms with van der Waals surface area (Å²) >= 11 is 1.62. The normalized spacial score (nSPS) is 14.9. The van der Waals surface area contributed by atoms with Crippen molar-refractivity contribution in [2.24, 2.45) is 0 Å². The van der Waals surface area contributed by atoms with Crippen molar-refractivity contribution in [2.75, 3.05) is 13.6 Å². The van der Waals surface area contributed by atoms with Crippen LogP contribution < -0.4 is 10.6 Å². The largest absolute Gasteiger partial charge is 0.339 e. The monoisotopic (exact) mass is 388 g/mol. The molecular formula is C20H28N4O2S. The number of fused-ring (bicyclic) bond motifs is 1. The summed E-state index contributed by atoms with van der Waals surface area (Å²) in [6, 6.07) is 8.19. The van der Waals surface area contributed by atoms with Gasteiger partial charge in [-0.3, -0.25) is 4.79 Å². The summed E-state index contributed by atoms with van der Waals surface area (Å²) in [7, 11) is 1.80. The molecule has 1 aromatic heterocycles. The minimum atomic E-state index is -0.114. The molecule has 3 amide bonds. The molecule has 7 heteroatoms. The van der Waals surface area contributed by atoms with Crippen molar-refractivity contribution in [3.63, 3.8) is 0 Å². The SMILES string of the molecule is CN(Cc1nc2ccccc2s1)C(=O)CCCNC(=O)NC1CCCCC1. The zero-order chi connectivity index (χ0) is 19.1. The number of carbonyl (C=O) groups is 2. The maximum Gasteiger partial charge on any atom is 0.315 e. The Balaban J connectivity index is 1.34. The van der Waals surface area contributed by atoms with Gasteiger partial charge in [-0.1, -0.05) is 31.4 Å². The average Bonchev–Trinajstić information content (AvgIpc) is 3.08. The molecule has 3 rings (SSSR count). The van der Waals surface area contributed by atoms with E-state index in [1.165, 1.54) is 19.3 Å². The molecule has 0 radical (unpaired) electrons. The van der Waals surface area contributed by atoms with Crippen molar-refractivity contribution in [3.8, 4) is 0 Å². The number of hydrogen-bond acceptors (Lipinski definition) is 4. The van der Waals surface area contributed by atoms with Crippen LogP contribution in [0.5, 0.6) is 0 Å². The van der Waals surface area contributed by atoms with Crippen LogP contribution in [0.15, 0.2) is 24.3 Å².